The molecule has 0 aromatic carbocycles. The normalized spacial score (nSPS) is 30.1. The van der Waals surface area contributed by atoms with Gasteiger partial charge in [-0.3, -0.25) is 9.69 Å². The minimum atomic E-state index is -0.446. The van der Waals surface area contributed by atoms with Gasteiger partial charge >= 0.3 is 0 Å². The Morgan fingerprint density at radius 1 is 1.21 bits per heavy atom. The Balaban J connectivity index is 1.87. The molecule has 0 bridgehead atoms. The van der Waals surface area contributed by atoms with E-state index in [0.717, 1.165) is 51.9 Å². The van der Waals surface area contributed by atoms with E-state index in [9.17, 15) is 9.90 Å². The van der Waals surface area contributed by atoms with E-state index in [1.54, 1.807) is 0 Å². The molecule has 2 rings (SSSR count). The van der Waals surface area contributed by atoms with Crippen LogP contribution in [0.25, 0.3) is 0 Å². The van der Waals surface area contributed by atoms with Gasteiger partial charge in [-0.15, -0.1) is 0 Å². The van der Waals surface area contributed by atoms with E-state index < -0.39 is 5.54 Å². The molecule has 1 aliphatic heterocycles. The maximum Gasteiger partial charge on any atom is 0.240 e. The molecule has 5 nitrogen and oxygen atoms in total. The van der Waals surface area contributed by atoms with Gasteiger partial charge < -0.3 is 15.7 Å². The largest absolute Gasteiger partial charge is 0.393 e. The fraction of sp³-hybridized carbons (Fsp3) is 0.929. The fourth-order valence-corrected chi connectivity index (χ4v) is 2.95. The lowest BCUT2D eigenvalue weighted by Crippen LogP contribution is -2.61. The van der Waals surface area contributed by atoms with Crippen LogP contribution in [0, 0.1) is 0 Å². The van der Waals surface area contributed by atoms with E-state index in [-0.39, 0.29) is 18.1 Å². The molecule has 1 saturated carbocycles. The number of carbonyl (C=O) groups is 1. The summed E-state index contributed by atoms with van der Waals surface area (Å²) in [6.07, 6.45) is 3.22. The molecule has 0 unspecified atom stereocenters. The molecular formula is C14H27N3O2. The number of hydrogen-bond donors (Lipinski definition) is 3. The molecule has 0 radical (unpaired) electrons. The maximum atomic E-state index is 12.5. The van der Waals surface area contributed by atoms with Crippen molar-refractivity contribution in [1.29, 1.82) is 0 Å². The number of piperazine rings is 1. The second kappa shape index (κ2) is 6.20. The summed E-state index contributed by atoms with van der Waals surface area (Å²) in [6.45, 7) is 7.75. The molecule has 0 aromatic rings. The number of amides is 1. The quantitative estimate of drug-likeness (QED) is 0.679. The Hall–Kier alpha value is -0.650. The molecule has 1 aliphatic carbocycles. The van der Waals surface area contributed by atoms with Crippen molar-refractivity contribution in [1.82, 2.24) is 15.5 Å². The van der Waals surface area contributed by atoms with Crippen LogP contribution >= 0.6 is 0 Å². The predicted octanol–water partition coefficient (Wildman–Crippen LogP) is 0.0899. The number of aliphatic hydroxyl groups excluding tert-OH is 1. The smallest absolute Gasteiger partial charge is 0.240 e. The molecule has 1 heterocycles. The molecule has 5 heteroatoms. The number of nitrogens with zero attached hydrogens (tertiary/aromatic N) is 1. The maximum absolute atomic E-state index is 12.5. The van der Waals surface area contributed by atoms with Crippen LogP contribution < -0.4 is 10.6 Å². The molecule has 0 aromatic heterocycles. The average molecular weight is 269 g/mol. The highest BCUT2D eigenvalue weighted by atomic mass is 16.3. The number of carbonyl (C=O) groups excluding carboxylic acids is 1. The van der Waals surface area contributed by atoms with Crippen molar-refractivity contribution in [3.05, 3.63) is 0 Å². The molecule has 0 atom stereocenters. The van der Waals surface area contributed by atoms with Crippen molar-refractivity contribution < 1.29 is 9.90 Å². The van der Waals surface area contributed by atoms with Gasteiger partial charge in [0.2, 0.25) is 5.91 Å². The average Bonchev–Trinajstić information content (AvgIpc) is 2.42. The summed E-state index contributed by atoms with van der Waals surface area (Å²) in [6, 6.07) is 0.234. The van der Waals surface area contributed by atoms with Crippen LogP contribution in [-0.2, 0) is 4.79 Å². The molecular weight excluding hydrogens is 242 g/mol. The molecule has 1 saturated heterocycles. The van der Waals surface area contributed by atoms with Gasteiger partial charge in [-0.05, 0) is 39.5 Å². The Bertz CT molecular complexity index is 306. The van der Waals surface area contributed by atoms with Crippen LogP contribution in [-0.4, -0.2) is 59.8 Å². The van der Waals surface area contributed by atoms with Gasteiger partial charge in [0.05, 0.1) is 11.6 Å². The lowest BCUT2D eigenvalue weighted by Gasteiger charge is -2.41. The van der Waals surface area contributed by atoms with Gasteiger partial charge in [0, 0.05) is 32.2 Å². The first-order valence-corrected chi connectivity index (χ1v) is 7.45. The highest BCUT2D eigenvalue weighted by Crippen LogP contribution is 2.21. The van der Waals surface area contributed by atoms with Crippen LogP contribution in [0.5, 0.6) is 0 Å². The van der Waals surface area contributed by atoms with Crippen LogP contribution in [0.3, 0.4) is 0 Å². The van der Waals surface area contributed by atoms with Crippen LogP contribution in [0.4, 0.5) is 0 Å². The lowest BCUT2D eigenvalue weighted by molar-refractivity contribution is -0.133. The minimum Gasteiger partial charge on any atom is -0.393 e. The van der Waals surface area contributed by atoms with Crippen molar-refractivity contribution in [2.75, 3.05) is 26.2 Å². The molecule has 110 valence electrons. The van der Waals surface area contributed by atoms with Crippen LogP contribution in [0.15, 0.2) is 0 Å². The van der Waals surface area contributed by atoms with Crippen molar-refractivity contribution >= 4 is 5.91 Å². The number of aliphatic hydroxyl groups is 1. The van der Waals surface area contributed by atoms with Crippen molar-refractivity contribution in [2.24, 2.45) is 0 Å². The molecule has 3 N–H and O–H groups in total. The van der Waals surface area contributed by atoms with Gasteiger partial charge in [-0.2, -0.15) is 0 Å². The summed E-state index contributed by atoms with van der Waals surface area (Å²) >= 11 is 0. The zero-order valence-electron chi connectivity index (χ0n) is 12.1. The topological polar surface area (TPSA) is 64.6 Å². The molecule has 2 aliphatic rings. The first-order chi connectivity index (χ1) is 9.00. The summed E-state index contributed by atoms with van der Waals surface area (Å²) in [5, 5.41) is 16.0. The molecule has 19 heavy (non-hydrogen) atoms. The van der Waals surface area contributed by atoms with Crippen molar-refractivity contribution in [3.63, 3.8) is 0 Å². The predicted molar refractivity (Wildman–Crippen MR) is 74.9 cm³/mol. The van der Waals surface area contributed by atoms with Crippen molar-refractivity contribution in [3.8, 4) is 0 Å². The number of rotatable bonds is 3. The van der Waals surface area contributed by atoms with E-state index in [1.807, 2.05) is 13.8 Å². The van der Waals surface area contributed by atoms with E-state index >= 15 is 0 Å². The third kappa shape index (κ3) is 3.68. The summed E-state index contributed by atoms with van der Waals surface area (Å²) in [4.78, 5) is 14.7. The van der Waals surface area contributed by atoms with Gasteiger partial charge in [0.15, 0.2) is 0 Å². The Morgan fingerprint density at radius 2 is 1.79 bits per heavy atom. The lowest BCUT2D eigenvalue weighted by atomic mass is 9.91. The summed E-state index contributed by atoms with van der Waals surface area (Å²) in [5.74, 6) is 0.121. The monoisotopic (exact) mass is 269 g/mol. The van der Waals surface area contributed by atoms with Crippen LogP contribution in [0.1, 0.15) is 39.5 Å². The third-order valence-electron chi connectivity index (χ3n) is 4.50. The molecule has 2 fully saturated rings. The van der Waals surface area contributed by atoms with Gasteiger partial charge in [0.25, 0.3) is 0 Å². The van der Waals surface area contributed by atoms with Crippen LogP contribution in [0.2, 0.25) is 0 Å². The summed E-state index contributed by atoms with van der Waals surface area (Å²) in [5.41, 5.74) is -0.446. The zero-order valence-corrected chi connectivity index (χ0v) is 12.1. The van der Waals surface area contributed by atoms with E-state index in [1.165, 1.54) is 0 Å². The van der Waals surface area contributed by atoms with Gasteiger partial charge in [-0.1, -0.05) is 0 Å². The standard InChI is InChI=1S/C14H27N3O2/c1-14(2,17-9-7-15-8-10-17)13(19)16-11-3-5-12(18)6-4-11/h11-12,15,18H,3-10H2,1-2H3,(H,16,19). The highest BCUT2D eigenvalue weighted by Gasteiger charge is 2.36. The summed E-state index contributed by atoms with van der Waals surface area (Å²) < 4.78 is 0. The summed E-state index contributed by atoms with van der Waals surface area (Å²) in [7, 11) is 0. The molecule has 0 spiro atoms. The Kier molecular flexibility index (Phi) is 4.81. The van der Waals surface area contributed by atoms with Crippen molar-refractivity contribution in [2.45, 2.75) is 57.2 Å². The SMILES string of the molecule is CC(C)(C(=O)NC1CCC(O)CC1)N1CCNCC1. The van der Waals surface area contributed by atoms with Gasteiger partial charge in [0.1, 0.15) is 0 Å². The van der Waals surface area contributed by atoms with E-state index in [4.69, 9.17) is 0 Å². The zero-order chi connectivity index (χ0) is 13.9. The number of hydrogen-bond acceptors (Lipinski definition) is 4. The third-order valence-corrected chi connectivity index (χ3v) is 4.50. The second-order valence-corrected chi connectivity index (χ2v) is 6.27. The minimum absolute atomic E-state index is 0.121. The fourth-order valence-electron chi connectivity index (χ4n) is 2.95. The first-order valence-electron chi connectivity index (χ1n) is 7.45. The van der Waals surface area contributed by atoms with E-state index in [2.05, 4.69) is 15.5 Å². The van der Waals surface area contributed by atoms with E-state index in [0.29, 0.717) is 0 Å². The molecule has 1 amide bonds. The first kappa shape index (κ1) is 14.8. The Morgan fingerprint density at radius 3 is 2.37 bits per heavy atom. The second-order valence-electron chi connectivity index (χ2n) is 6.27. The Labute approximate surface area is 115 Å². The highest BCUT2D eigenvalue weighted by molar-refractivity contribution is 5.85. The van der Waals surface area contributed by atoms with Gasteiger partial charge in [-0.25, -0.2) is 0 Å². The number of nitrogens with one attached hydrogen (secondary N) is 2.